The van der Waals surface area contributed by atoms with E-state index in [0.717, 1.165) is 10.7 Å². The molecular weight excluding hydrogens is 280 g/mol. The van der Waals surface area contributed by atoms with E-state index >= 15 is 0 Å². The molecule has 0 aromatic heterocycles. The Morgan fingerprint density at radius 2 is 1.90 bits per heavy atom. The first-order valence-electron chi connectivity index (χ1n) is 6.42. The predicted octanol–water partition coefficient (Wildman–Crippen LogP) is 1.32. The number of nitrogen functional groups attached to an aromatic ring is 1. The van der Waals surface area contributed by atoms with E-state index in [0.29, 0.717) is 31.3 Å². The number of rotatable bonds is 8. The average Bonchev–Trinajstić information content (AvgIpc) is 2.39. The standard InChI is InChI=1S/C13H22N2O4S/c1-4-7-18-8-9-19-13-6-5-11(10-12(13)14)20(16,17)15(2)3/h5-6,10H,4,7-9,14H2,1-3H3. The van der Waals surface area contributed by atoms with E-state index in [9.17, 15) is 8.42 Å². The molecule has 1 aromatic carbocycles. The summed E-state index contributed by atoms with van der Waals surface area (Å²) in [7, 11) is -0.529. The zero-order valence-corrected chi connectivity index (χ0v) is 12.9. The van der Waals surface area contributed by atoms with Gasteiger partial charge >= 0.3 is 0 Å². The number of nitrogens with zero attached hydrogens (tertiary/aromatic N) is 1. The first-order valence-corrected chi connectivity index (χ1v) is 7.86. The van der Waals surface area contributed by atoms with Gasteiger partial charge in [-0.3, -0.25) is 0 Å². The van der Waals surface area contributed by atoms with E-state index < -0.39 is 10.0 Å². The SMILES string of the molecule is CCCOCCOc1ccc(S(=O)(=O)N(C)C)cc1N. The molecule has 6 nitrogen and oxygen atoms in total. The first kappa shape index (κ1) is 16.7. The Labute approximate surface area is 120 Å². The molecule has 0 aliphatic rings. The van der Waals surface area contributed by atoms with Crippen molar-refractivity contribution < 1.29 is 17.9 Å². The summed E-state index contributed by atoms with van der Waals surface area (Å²) in [4.78, 5) is 0.148. The highest BCUT2D eigenvalue weighted by Gasteiger charge is 2.18. The molecule has 0 spiro atoms. The van der Waals surface area contributed by atoms with Crippen molar-refractivity contribution in [3.63, 3.8) is 0 Å². The molecule has 0 heterocycles. The highest BCUT2D eigenvalue weighted by atomic mass is 32.2. The van der Waals surface area contributed by atoms with Gasteiger partial charge in [-0.2, -0.15) is 0 Å². The van der Waals surface area contributed by atoms with E-state index in [1.54, 1.807) is 6.07 Å². The van der Waals surface area contributed by atoms with Crippen LogP contribution in [0.5, 0.6) is 5.75 Å². The molecule has 0 saturated carbocycles. The van der Waals surface area contributed by atoms with Crippen molar-refractivity contribution in [2.75, 3.05) is 39.6 Å². The van der Waals surface area contributed by atoms with E-state index in [-0.39, 0.29) is 4.90 Å². The number of benzene rings is 1. The Balaban J connectivity index is 2.69. The molecule has 0 saturated heterocycles. The molecule has 7 heteroatoms. The van der Waals surface area contributed by atoms with Crippen molar-refractivity contribution in [1.82, 2.24) is 4.31 Å². The first-order chi connectivity index (χ1) is 9.39. The van der Waals surface area contributed by atoms with Gasteiger partial charge in [-0.15, -0.1) is 0 Å². The third kappa shape index (κ3) is 4.36. The van der Waals surface area contributed by atoms with E-state index in [4.69, 9.17) is 15.2 Å². The molecule has 0 aliphatic carbocycles. The van der Waals surface area contributed by atoms with Crippen molar-refractivity contribution in [3.8, 4) is 5.75 Å². The molecule has 114 valence electrons. The summed E-state index contributed by atoms with van der Waals surface area (Å²) in [5.41, 5.74) is 6.11. The van der Waals surface area contributed by atoms with Crippen LogP contribution < -0.4 is 10.5 Å². The molecule has 0 unspecified atom stereocenters. The molecule has 0 radical (unpaired) electrons. The number of sulfonamides is 1. The quantitative estimate of drug-likeness (QED) is 0.578. The Morgan fingerprint density at radius 3 is 2.45 bits per heavy atom. The zero-order chi connectivity index (χ0) is 15.2. The lowest BCUT2D eigenvalue weighted by Crippen LogP contribution is -2.22. The van der Waals surface area contributed by atoms with Crippen LogP contribution in [0.15, 0.2) is 23.1 Å². The number of hydrogen-bond acceptors (Lipinski definition) is 5. The summed E-state index contributed by atoms with van der Waals surface area (Å²) in [6.45, 7) is 3.58. The lowest BCUT2D eigenvalue weighted by molar-refractivity contribution is 0.101. The van der Waals surface area contributed by atoms with Crippen LogP contribution >= 0.6 is 0 Å². The summed E-state index contributed by atoms with van der Waals surface area (Å²) in [6.07, 6.45) is 0.958. The van der Waals surface area contributed by atoms with Gasteiger partial charge in [0.05, 0.1) is 17.2 Å². The fourth-order valence-corrected chi connectivity index (χ4v) is 2.42. The molecule has 20 heavy (non-hydrogen) atoms. The van der Waals surface area contributed by atoms with Gasteiger partial charge in [0.25, 0.3) is 0 Å². The third-order valence-electron chi connectivity index (χ3n) is 2.59. The lowest BCUT2D eigenvalue weighted by Gasteiger charge is -2.14. The Bertz CT molecular complexity index is 529. The van der Waals surface area contributed by atoms with Crippen LogP contribution in [0.3, 0.4) is 0 Å². The molecular formula is C13H22N2O4S. The van der Waals surface area contributed by atoms with Gasteiger partial charge in [-0.05, 0) is 24.6 Å². The van der Waals surface area contributed by atoms with E-state index in [1.807, 2.05) is 6.92 Å². The van der Waals surface area contributed by atoms with Crippen LogP contribution in [0, 0.1) is 0 Å². The average molecular weight is 302 g/mol. The van der Waals surface area contributed by atoms with E-state index in [2.05, 4.69) is 0 Å². The minimum Gasteiger partial charge on any atom is -0.489 e. The monoisotopic (exact) mass is 302 g/mol. The van der Waals surface area contributed by atoms with Crippen molar-refractivity contribution in [2.24, 2.45) is 0 Å². The summed E-state index contributed by atoms with van der Waals surface area (Å²) < 4.78 is 35.8. The maximum atomic E-state index is 11.9. The van der Waals surface area contributed by atoms with Gasteiger partial charge in [-0.25, -0.2) is 12.7 Å². The number of ether oxygens (including phenoxy) is 2. The molecule has 0 amide bonds. The fourth-order valence-electron chi connectivity index (χ4n) is 1.49. The summed E-state index contributed by atoms with van der Waals surface area (Å²) in [5.74, 6) is 0.461. The maximum Gasteiger partial charge on any atom is 0.242 e. The highest BCUT2D eigenvalue weighted by Crippen LogP contribution is 2.25. The van der Waals surface area contributed by atoms with Crippen LogP contribution in [-0.2, 0) is 14.8 Å². The minimum absolute atomic E-state index is 0.148. The third-order valence-corrected chi connectivity index (χ3v) is 4.40. The van der Waals surface area contributed by atoms with Gasteiger partial charge in [0, 0.05) is 20.7 Å². The maximum absolute atomic E-state index is 11.9. The number of hydrogen-bond donors (Lipinski definition) is 1. The topological polar surface area (TPSA) is 81.9 Å². The summed E-state index contributed by atoms with van der Waals surface area (Å²) in [5, 5.41) is 0. The van der Waals surface area contributed by atoms with Crippen LogP contribution in [0.4, 0.5) is 5.69 Å². The van der Waals surface area contributed by atoms with E-state index in [1.165, 1.54) is 26.2 Å². The molecule has 2 N–H and O–H groups in total. The molecule has 0 aliphatic heterocycles. The van der Waals surface area contributed by atoms with Gasteiger partial charge in [0.15, 0.2) is 0 Å². The van der Waals surface area contributed by atoms with Gasteiger partial charge < -0.3 is 15.2 Å². The summed E-state index contributed by atoms with van der Waals surface area (Å²) >= 11 is 0. The second-order valence-corrected chi connectivity index (χ2v) is 6.60. The molecule has 0 fully saturated rings. The molecule has 1 aromatic rings. The minimum atomic E-state index is -3.48. The highest BCUT2D eigenvalue weighted by molar-refractivity contribution is 7.89. The van der Waals surface area contributed by atoms with Crippen molar-refractivity contribution in [1.29, 1.82) is 0 Å². The van der Waals surface area contributed by atoms with Crippen LogP contribution in [-0.4, -0.2) is 46.6 Å². The van der Waals surface area contributed by atoms with Crippen LogP contribution in [0.2, 0.25) is 0 Å². The van der Waals surface area contributed by atoms with Gasteiger partial charge in [0.2, 0.25) is 10.0 Å². The van der Waals surface area contributed by atoms with Gasteiger partial charge in [0.1, 0.15) is 12.4 Å². The summed E-state index contributed by atoms with van der Waals surface area (Å²) in [6, 6.07) is 4.44. The normalized spacial score (nSPS) is 11.8. The van der Waals surface area contributed by atoms with Gasteiger partial charge in [-0.1, -0.05) is 6.92 Å². The van der Waals surface area contributed by atoms with Crippen LogP contribution in [0.1, 0.15) is 13.3 Å². The number of nitrogens with two attached hydrogens (primary N) is 1. The van der Waals surface area contributed by atoms with Crippen LogP contribution in [0.25, 0.3) is 0 Å². The van der Waals surface area contributed by atoms with Crippen molar-refractivity contribution in [3.05, 3.63) is 18.2 Å². The zero-order valence-electron chi connectivity index (χ0n) is 12.1. The molecule has 0 atom stereocenters. The van der Waals surface area contributed by atoms with Crippen molar-refractivity contribution >= 4 is 15.7 Å². The molecule has 0 bridgehead atoms. The smallest absolute Gasteiger partial charge is 0.242 e. The molecule has 1 rings (SSSR count). The second-order valence-electron chi connectivity index (χ2n) is 4.45. The fraction of sp³-hybridized carbons (Fsp3) is 0.538. The Morgan fingerprint density at radius 1 is 1.20 bits per heavy atom. The second kappa shape index (κ2) is 7.47. The Hall–Kier alpha value is -1.31. The predicted molar refractivity (Wildman–Crippen MR) is 78.3 cm³/mol. The Kier molecular flexibility index (Phi) is 6.25. The number of anilines is 1. The largest absolute Gasteiger partial charge is 0.489 e. The lowest BCUT2D eigenvalue weighted by atomic mass is 10.3. The van der Waals surface area contributed by atoms with Crippen molar-refractivity contribution in [2.45, 2.75) is 18.2 Å².